The number of hydrogen-bond donors (Lipinski definition) is 1. The van der Waals surface area contributed by atoms with Gasteiger partial charge in [-0.2, -0.15) is 0 Å². The third-order valence-electron chi connectivity index (χ3n) is 4.86. The maximum atomic E-state index is 12.7. The molecular formula is C19H18N4O2S3. The van der Waals surface area contributed by atoms with Crippen LogP contribution in [0.2, 0.25) is 0 Å². The summed E-state index contributed by atoms with van der Waals surface area (Å²) in [6.45, 7) is 1.25. The van der Waals surface area contributed by atoms with Crippen molar-refractivity contribution in [3.63, 3.8) is 0 Å². The number of nitrogens with zero attached hydrogens (tertiary/aromatic N) is 3. The molecule has 0 spiro atoms. The topological polar surface area (TPSA) is 75.2 Å². The van der Waals surface area contributed by atoms with E-state index in [-0.39, 0.29) is 17.7 Å². The average molecular weight is 431 g/mol. The Kier molecular flexibility index (Phi) is 4.82. The van der Waals surface area contributed by atoms with E-state index in [9.17, 15) is 9.59 Å². The Morgan fingerprint density at radius 3 is 2.89 bits per heavy atom. The molecule has 3 heterocycles. The van der Waals surface area contributed by atoms with Crippen LogP contribution < -0.4 is 5.32 Å². The van der Waals surface area contributed by atoms with Gasteiger partial charge in [-0.1, -0.05) is 35.2 Å². The third kappa shape index (κ3) is 3.78. The van der Waals surface area contributed by atoms with Crippen LogP contribution in [0.25, 0.3) is 10.2 Å². The summed E-state index contributed by atoms with van der Waals surface area (Å²) in [5.74, 6) is 0.746. The summed E-state index contributed by atoms with van der Waals surface area (Å²) in [6.07, 6.45) is 2.69. The molecule has 0 unspecified atom stereocenters. The first-order valence-corrected chi connectivity index (χ1v) is 11.8. The van der Waals surface area contributed by atoms with Crippen LogP contribution in [0.15, 0.2) is 28.6 Å². The number of carbonyl (C=O) groups is 2. The van der Waals surface area contributed by atoms with E-state index in [1.807, 2.05) is 23.1 Å². The number of fused-ring (bicyclic) bond motifs is 2. The van der Waals surface area contributed by atoms with E-state index in [0.29, 0.717) is 24.0 Å². The predicted molar refractivity (Wildman–Crippen MR) is 113 cm³/mol. The third-order valence-corrected chi connectivity index (χ3v) is 8.02. The predicted octanol–water partition coefficient (Wildman–Crippen LogP) is 3.78. The van der Waals surface area contributed by atoms with Gasteiger partial charge >= 0.3 is 0 Å². The first-order chi connectivity index (χ1) is 13.7. The number of rotatable bonds is 5. The second-order valence-corrected chi connectivity index (χ2v) is 10.3. The first-order valence-electron chi connectivity index (χ1n) is 9.21. The van der Waals surface area contributed by atoms with Crippen molar-refractivity contribution in [1.82, 2.24) is 14.9 Å². The Bertz CT molecular complexity index is 1020. The molecule has 2 aliphatic rings. The van der Waals surface area contributed by atoms with Crippen molar-refractivity contribution in [3.8, 4) is 0 Å². The monoisotopic (exact) mass is 430 g/mol. The van der Waals surface area contributed by atoms with Gasteiger partial charge in [0.05, 0.1) is 28.2 Å². The van der Waals surface area contributed by atoms with Crippen molar-refractivity contribution in [1.29, 1.82) is 0 Å². The first kappa shape index (κ1) is 18.1. The molecule has 1 aliphatic heterocycles. The highest BCUT2D eigenvalue weighted by Crippen LogP contribution is 2.33. The summed E-state index contributed by atoms with van der Waals surface area (Å²) in [4.78, 5) is 36.7. The molecule has 0 radical (unpaired) electrons. The second kappa shape index (κ2) is 7.46. The number of aromatic nitrogens is 2. The van der Waals surface area contributed by atoms with Crippen molar-refractivity contribution < 1.29 is 9.59 Å². The standard InChI is InChI=1S/C19H18N4O2S3/c24-16(10-26-19-21-12-3-1-2-4-14(12)28-19)23-8-7-13-15(9-23)27-18(20-13)22-17(25)11-5-6-11/h1-4,11H,5-10H2,(H,20,22,25). The molecule has 28 heavy (non-hydrogen) atoms. The fourth-order valence-corrected chi connectivity index (χ4v) is 6.14. The van der Waals surface area contributed by atoms with Gasteiger partial charge in [0.2, 0.25) is 11.8 Å². The summed E-state index contributed by atoms with van der Waals surface area (Å²) in [5.41, 5.74) is 1.99. The number of para-hydroxylation sites is 1. The van der Waals surface area contributed by atoms with Gasteiger partial charge in [0.1, 0.15) is 0 Å². The number of thioether (sulfide) groups is 1. The Morgan fingerprint density at radius 2 is 2.07 bits per heavy atom. The molecule has 0 saturated heterocycles. The lowest BCUT2D eigenvalue weighted by molar-refractivity contribution is -0.129. The molecule has 5 rings (SSSR count). The fraction of sp³-hybridized carbons (Fsp3) is 0.368. The quantitative estimate of drug-likeness (QED) is 0.624. The zero-order valence-corrected chi connectivity index (χ0v) is 17.5. The molecule has 1 saturated carbocycles. The zero-order chi connectivity index (χ0) is 19.1. The van der Waals surface area contributed by atoms with E-state index in [4.69, 9.17) is 0 Å². The van der Waals surface area contributed by atoms with E-state index < -0.39 is 0 Å². The van der Waals surface area contributed by atoms with Crippen molar-refractivity contribution in [2.24, 2.45) is 5.92 Å². The average Bonchev–Trinajstić information content (AvgIpc) is 3.35. The van der Waals surface area contributed by atoms with Gasteiger partial charge in [0, 0.05) is 23.8 Å². The van der Waals surface area contributed by atoms with Gasteiger partial charge in [-0.05, 0) is 25.0 Å². The van der Waals surface area contributed by atoms with Crippen LogP contribution in [0, 0.1) is 5.92 Å². The molecule has 0 bridgehead atoms. The van der Waals surface area contributed by atoms with Crippen LogP contribution in [0.1, 0.15) is 23.4 Å². The molecule has 1 aliphatic carbocycles. The van der Waals surface area contributed by atoms with E-state index in [0.717, 1.165) is 44.4 Å². The lowest BCUT2D eigenvalue weighted by Gasteiger charge is -2.25. The second-order valence-electron chi connectivity index (χ2n) is 6.95. The zero-order valence-electron chi connectivity index (χ0n) is 15.0. The molecule has 9 heteroatoms. The Labute approximate surface area is 174 Å². The molecule has 1 aromatic carbocycles. The van der Waals surface area contributed by atoms with E-state index in [2.05, 4.69) is 21.4 Å². The maximum absolute atomic E-state index is 12.7. The molecule has 144 valence electrons. The highest BCUT2D eigenvalue weighted by molar-refractivity contribution is 8.01. The molecule has 1 fully saturated rings. The minimum Gasteiger partial charge on any atom is -0.336 e. The SMILES string of the molecule is O=C(Nc1nc2c(s1)CN(C(=O)CSc1nc3ccccc3s1)CC2)C1CC1. The smallest absolute Gasteiger partial charge is 0.233 e. The Balaban J connectivity index is 1.19. The molecular weight excluding hydrogens is 412 g/mol. The van der Waals surface area contributed by atoms with Gasteiger partial charge in [-0.15, -0.1) is 11.3 Å². The molecule has 2 aromatic heterocycles. The van der Waals surface area contributed by atoms with Gasteiger partial charge in [0.25, 0.3) is 0 Å². The summed E-state index contributed by atoms with van der Waals surface area (Å²) in [6, 6.07) is 8.02. The Morgan fingerprint density at radius 1 is 1.21 bits per heavy atom. The highest BCUT2D eigenvalue weighted by Gasteiger charge is 2.31. The number of benzene rings is 1. The highest BCUT2D eigenvalue weighted by atomic mass is 32.2. The maximum Gasteiger partial charge on any atom is 0.233 e. The van der Waals surface area contributed by atoms with Crippen LogP contribution >= 0.6 is 34.4 Å². The number of anilines is 1. The molecule has 1 N–H and O–H groups in total. The van der Waals surface area contributed by atoms with E-state index >= 15 is 0 Å². The number of thiazole rings is 2. The van der Waals surface area contributed by atoms with Crippen LogP contribution in [0.4, 0.5) is 5.13 Å². The van der Waals surface area contributed by atoms with Crippen molar-refractivity contribution >= 4 is 61.6 Å². The minimum atomic E-state index is 0.0752. The van der Waals surface area contributed by atoms with E-state index in [1.54, 1.807) is 11.3 Å². The summed E-state index contributed by atoms with van der Waals surface area (Å²) < 4.78 is 2.07. The van der Waals surface area contributed by atoms with Crippen LogP contribution in [0.3, 0.4) is 0 Å². The largest absolute Gasteiger partial charge is 0.336 e. The van der Waals surface area contributed by atoms with Gasteiger partial charge in [-0.25, -0.2) is 9.97 Å². The van der Waals surface area contributed by atoms with Gasteiger partial charge in [0.15, 0.2) is 9.47 Å². The van der Waals surface area contributed by atoms with Gasteiger partial charge in [-0.3, -0.25) is 9.59 Å². The van der Waals surface area contributed by atoms with E-state index in [1.165, 1.54) is 23.1 Å². The fourth-order valence-electron chi connectivity index (χ4n) is 3.14. The number of carbonyl (C=O) groups excluding carboxylic acids is 2. The van der Waals surface area contributed by atoms with Crippen LogP contribution in [0.5, 0.6) is 0 Å². The normalized spacial score (nSPS) is 16.2. The number of nitrogens with one attached hydrogen (secondary N) is 1. The Hall–Kier alpha value is -1.97. The molecule has 6 nitrogen and oxygen atoms in total. The van der Waals surface area contributed by atoms with Gasteiger partial charge < -0.3 is 10.2 Å². The molecule has 2 amide bonds. The van der Waals surface area contributed by atoms with Crippen molar-refractivity contribution in [3.05, 3.63) is 34.8 Å². The lowest BCUT2D eigenvalue weighted by Crippen LogP contribution is -2.36. The van der Waals surface area contributed by atoms with Crippen molar-refractivity contribution in [2.45, 2.75) is 30.1 Å². The number of hydrogen-bond acceptors (Lipinski definition) is 7. The summed E-state index contributed by atoms with van der Waals surface area (Å²) in [7, 11) is 0. The lowest BCUT2D eigenvalue weighted by atomic mass is 10.2. The molecule has 0 atom stereocenters. The van der Waals surface area contributed by atoms with Crippen LogP contribution in [-0.2, 0) is 22.6 Å². The van der Waals surface area contributed by atoms with Crippen LogP contribution in [-0.4, -0.2) is 39.0 Å². The minimum absolute atomic E-state index is 0.0752. The van der Waals surface area contributed by atoms with Crippen molar-refractivity contribution in [2.75, 3.05) is 17.6 Å². The molecule has 3 aromatic rings. The number of amides is 2. The summed E-state index contributed by atoms with van der Waals surface area (Å²) >= 11 is 4.62. The summed E-state index contributed by atoms with van der Waals surface area (Å²) in [5, 5.41) is 3.59.